The maximum absolute atomic E-state index is 5.17. The summed E-state index contributed by atoms with van der Waals surface area (Å²) in [6.07, 6.45) is 0. The number of anilines is 3. The number of aromatic nitrogens is 1. The van der Waals surface area contributed by atoms with E-state index in [4.69, 9.17) is 4.98 Å². The normalized spacial score (nSPS) is 11.3. The lowest BCUT2D eigenvalue weighted by atomic mass is 10.0. The van der Waals surface area contributed by atoms with E-state index in [0.29, 0.717) is 0 Å². The van der Waals surface area contributed by atoms with Crippen LogP contribution < -0.4 is 4.90 Å². The highest BCUT2D eigenvalue weighted by molar-refractivity contribution is 7.25. The van der Waals surface area contributed by atoms with Crippen molar-refractivity contribution in [3.63, 3.8) is 0 Å². The lowest BCUT2D eigenvalue weighted by Crippen LogP contribution is -2.11. The zero-order chi connectivity index (χ0) is 23.9. The molecule has 2 heterocycles. The molecule has 3 heteroatoms. The van der Waals surface area contributed by atoms with Gasteiger partial charge in [-0.25, -0.2) is 4.98 Å². The molecule has 0 aliphatic heterocycles. The average Bonchev–Trinajstić information content (AvgIpc) is 3.32. The number of thiophene rings is 1. The first-order valence-electron chi connectivity index (χ1n) is 12.1. The van der Waals surface area contributed by atoms with Crippen molar-refractivity contribution in [3.8, 4) is 11.1 Å². The van der Waals surface area contributed by atoms with Gasteiger partial charge in [-0.05, 0) is 64.4 Å². The summed E-state index contributed by atoms with van der Waals surface area (Å²) in [5.74, 6) is 0.914. The maximum atomic E-state index is 5.17. The molecule has 0 unspecified atom stereocenters. The molecular weight excluding hydrogens is 456 g/mol. The van der Waals surface area contributed by atoms with Crippen LogP contribution in [0.15, 0.2) is 133 Å². The first-order valence-corrected chi connectivity index (χ1v) is 12.9. The summed E-state index contributed by atoms with van der Waals surface area (Å²) >= 11 is 1.75. The molecule has 5 aromatic carbocycles. The van der Waals surface area contributed by atoms with Gasteiger partial charge in [0.2, 0.25) is 0 Å². The Morgan fingerprint density at radius 1 is 0.500 bits per heavy atom. The highest BCUT2D eigenvalue weighted by Gasteiger charge is 2.16. The smallest absolute Gasteiger partial charge is 0.139 e. The summed E-state index contributed by atoms with van der Waals surface area (Å²) in [4.78, 5) is 8.48. The van der Waals surface area contributed by atoms with Crippen LogP contribution in [0, 0.1) is 0 Å². The molecule has 170 valence electrons. The molecule has 7 aromatic rings. The van der Waals surface area contributed by atoms with Gasteiger partial charge in [-0.1, -0.05) is 91.0 Å². The van der Waals surface area contributed by atoms with Crippen LogP contribution >= 0.6 is 11.3 Å². The Hall–Kier alpha value is -4.47. The third-order valence-electron chi connectivity index (χ3n) is 6.68. The minimum Gasteiger partial charge on any atom is -0.295 e. The number of hydrogen-bond donors (Lipinski definition) is 0. The molecule has 0 bridgehead atoms. The fourth-order valence-corrected chi connectivity index (χ4v) is 5.95. The Labute approximate surface area is 213 Å². The highest BCUT2D eigenvalue weighted by Crippen LogP contribution is 2.39. The quantitative estimate of drug-likeness (QED) is 0.250. The van der Waals surface area contributed by atoms with E-state index < -0.39 is 0 Å². The van der Waals surface area contributed by atoms with Gasteiger partial charge in [0.1, 0.15) is 10.6 Å². The second-order valence-electron chi connectivity index (χ2n) is 8.90. The molecule has 0 saturated carbocycles. The predicted octanol–water partition coefficient (Wildman–Crippen LogP) is 9.74. The van der Waals surface area contributed by atoms with Crippen molar-refractivity contribution in [1.29, 1.82) is 0 Å². The van der Waals surface area contributed by atoms with Crippen LogP contribution in [0.25, 0.3) is 42.2 Å². The second-order valence-corrected chi connectivity index (χ2v) is 9.93. The van der Waals surface area contributed by atoms with E-state index in [1.54, 1.807) is 11.3 Å². The van der Waals surface area contributed by atoms with Crippen LogP contribution in [0.5, 0.6) is 0 Å². The predicted molar refractivity (Wildman–Crippen MR) is 155 cm³/mol. The zero-order valence-electron chi connectivity index (χ0n) is 19.5. The van der Waals surface area contributed by atoms with Gasteiger partial charge in [-0.15, -0.1) is 11.3 Å². The Balaban J connectivity index is 1.39. The fraction of sp³-hybridized carbons (Fsp3) is 0. The third-order valence-corrected chi connectivity index (χ3v) is 7.76. The minimum atomic E-state index is 0.914. The first kappa shape index (κ1) is 20.9. The lowest BCUT2D eigenvalue weighted by Gasteiger charge is -2.25. The molecule has 0 fully saturated rings. The van der Waals surface area contributed by atoms with Gasteiger partial charge in [0.05, 0.1) is 0 Å². The van der Waals surface area contributed by atoms with Gasteiger partial charge in [-0.3, -0.25) is 4.90 Å². The number of fused-ring (bicyclic) bond motifs is 4. The van der Waals surface area contributed by atoms with Gasteiger partial charge in [0.25, 0.3) is 0 Å². The van der Waals surface area contributed by atoms with Gasteiger partial charge in [-0.2, -0.15) is 0 Å². The molecule has 0 spiro atoms. The van der Waals surface area contributed by atoms with Crippen molar-refractivity contribution >= 4 is 59.6 Å². The summed E-state index contributed by atoms with van der Waals surface area (Å²) < 4.78 is 1.27. The molecule has 0 N–H and O–H groups in total. The topological polar surface area (TPSA) is 16.1 Å². The molecule has 0 radical (unpaired) electrons. The van der Waals surface area contributed by atoms with Crippen LogP contribution in [-0.4, -0.2) is 4.98 Å². The highest BCUT2D eigenvalue weighted by atomic mass is 32.1. The van der Waals surface area contributed by atoms with Gasteiger partial charge in [0, 0.05) is 26.8 Å². The summed E-state index contributed by atoms with van der Waals surface area (Å²) in [7, 11) is 0. The molecule has 0 aliphatic rings. The largest absolute Gasteiger partial charge is 0.295 e. The van der Waals surface area contributed by atoms with Gasteiger partial charge in [0.15, 0.2) is 0 Å². The van der Waals surface area contributed by atoms with E-state index in [1.807, 2.05) is 0 Å². The summed E-state index contributed by atoms with van der Waals surface area (Å²) in [5, 5.41) is 4.91. The molecule has 7 rings (SSSR count). The van der Waals surface area contributed by atoms with Crippen molar-refractivity contribution in [2.45, 2.75) is 0 Å². The number of rotatable bonds is 4. The second kappa shape index (κ2) is 8.63. The zero-order valence-corrected chi connectivity index (χ0v) is 20.3. The molecule has 0 saturated heterocycles. The molecule has 0 atom stereocenters. The molecule has 2 aromatic heterocycles. The number of nitrogens with zero attached hydrogens (tertiary/aromatic N) is 2. The van der Waals surface area contributed by atoms with E-state index in [0.717, 1.165) is 22.0 Å². The average molecular weight is 479 g/mol. The van der Waals surface area contributed by atoms with Crippen molar-refractivity contribution in [2.75, 3.05) is 4.90 Å². The number of pyridine rings is 1. The summed E-state index contributed by atoms with van der Waals surface area (Å²) in [6.45, 7) is 0. The molecule has 2 nitrogen and oxygen atoms in total. The summed E-state index contributed by atoms with van der Waals surface area (Å²) in [6, 6.07) is 47.3. The van der Waals surface area contributed by atoms with Crippen LogP contribution in [-0.2, 0) is 0 Å². The third kappa shape index (κ3) is 3.62. The van der Waals surface area contributed by atoms with Crippen molar-refractivity contribution in [3.05, 3.63) is 133 Å². The van der Waals surface area contributed by atoms with E-state index >= 15 is 0 Å². The molecule has 36 heavy (non-hydrogen) atoms. The van der Waals surface area contributed by atoms with E-state index in [9.17, 15) is 0 Å². The SMILES string of the molecule is c1ccc(-c2ccc(N(c3ccc4ccccc4c3)c3ccc4c(n3)sc3ccccc34)cc2)cc1. The molecule has 0 aliphatic carbocycles. The van der Waals surface area contributed by atoms with Crippen molar-refractivity contribution in [1.82, 2.24) is 4.98 Å². The van der Waals surface area contributed by atoms with Crippen molar-refractivity contribution < 1.29 is 0 Å². The minimum absolute atomic E-state index is 0.914. The van der Waals surface area contributed by atoms with Gasteiger partial charge >= 0.3 is 0 Å². The summed E-state index contributed by atoms with van der Waals surface area (Å²) in [5.41, 5.74) is 4.59. The Kier molecular flexibility index (Phi) is 5.00. The van der Waals surface area contributed by atoms with Crippen LogP contribution in [0.4, 0.5) is 17.2 Å². The monoisotopic (exact) mass is 478 g/mol. The van der Waals surface area contributed by atoms with Gasteiger partial charge < -0.3 is 0 Å². The lowest BCUT2D eigenvalue weighted by molar-refractivity contribution is 1.22. The Bertz CT molecular complexity index is 1840. The number of benzene rings is 5. The van der Waals surface area contributed by atoms with E-state index in [1.165, 1.54) is 37.4 Å². The first-order chi connectivity index (χ1) is 17.8. The Morgan fingerprint density at radius 3 is 2.06 bits per heavy atom. The van der Waals surface area contributed by atoms with E-state index in [2.05, 4.69) is 138 Å². The Morgan fingerprint density at radius 2 is 1.19 bits per heavy atom. The standard InChI is InChI=1S/C33H22N2S/c1-2-8-23(9-3-1)25-14-17-27(18-15-25)35(28-19-16-24-10-4-5-11-26(24)22-28)32-21-20-30-29-12-6-7-13-31(29)36-33(30)34-32/h1-22H. The van der Waals surface area contributed by atoms with Crippen LogP contribution in [0.3, 0.4) is 0 Å². The van der Waals surface area contributed by atoms with Crippen LogP contribution in [0.1, 0.15) is 0 Å². The van der Waals surface area contributed by atoms with Crippen LogP contribution in [0.2, 0.25) is 0 Å². The fourth-order valence-electron chi connectivity index (χ4n) is 4.88. The number of hydrogen-bond acceptors (Lipinski definition) is 3. The maximum Gasteiger partial charge on any atom is 0.139 e. The molecular formula is C33H22N2S. The van der Waals surface area contributed by atoms with E-state index in [-0.39, 0.29) is 0 Å². The van der Waals surface area contributed by atoms with Crippen molar-refractivity contribution in [2.24, 2.45) is 0 Å². The molecule has 0 amide bonds.